The van der Waals surface area contributed by atoms with E-state index >= 15 is 0 Å². The van der Waals surface area contributed by atoms with Crippen molar-refractivity contribution in [1.82, 2.24) is 14.8 Å². The normalized spacial score (nSPS) is 18.2. The molecule has 2 rings (SSSR count). The average molecular weight is 250 g/mol. The Morgan fingerprint density at radius 3 is 2.56 bits per heavy atom. The molecule has 2 N–H and O–H groups in total. The summed E-state index contributed by atoms with van der Waals surface area (Å²) in [4.78, 5) is 4.73. The van der Waals surface area contributed by atoms with Crippen LogP contribution in [0.1, 0.15) is 69.9 Å². The molecule has 1 heterocycles. The topological polar surface area (TPSA) is 56.7 Å². The lowest BCUT2D eigenvalue weighted by Crippen LogP contribution is -2.32. The Labute approximate surface area is 110 Å². The molecule has 0 saturated heterocycles. The monoisotopic (exact) mass is 250 g/mol. The maximum Gasteiger partial charge on any atom is 0.154 e. The van der Waals surface area contributed by atoms with E-state index in [-0.39, 0.29) is 5.54 Å². The smallest absolute Gasteiger partial charge is 0.154 e. The number of nitrogens with zero attached hydrogens (tertiary/aromatic N) is 3. The summed E-state index contributed by atoms with van der Waals surface area (Å²) in [6.07, 6.45) is 8.40. The zero-order chi connectivity index (χ0) is 13.2. The van der Waals surface area contributed by atoms with Crippen molar-refractivity contribution in [2.24, 2.45) is 12.8 Å². The molecule has 1 aromatic heterocycles. The van der Waals surface area contributed by atoms with Crippen LogP contribution in [0.3, 0.4) is 0 Å². The molecule has 102 valence electrons. The number of aromatic nitrogens is 3. The molecule has 1 aliphatic carbocycles. The average Bonchev–Trinajstić information content (AvgIpc) is 2.68. The van der Waals surface area contributed by atoms with E-state index < -0.39 is 0 Å². The van der Waals surface area contributed by atoms with Crippen molar-refractivity contribution in [2.45, 2.75) is 70.3 Å². The summed E-state index contributed by atoms with van der Waals surface area (Å²) in [6.45, 7) is 4.12. The van der Waals surface area contributed by atoms with Gasteiger partial charge in [0.2, 0.25) is 0 Å². The lowest BCUT2D eigenvalue weighted by molar-refractivity contribution is 0.427. The van der Waals surface area contributed by atoms with Crippen molar-refractivity contribution in [3.05, 3.63) is 11.6 Å². The van der Waals surface area contributed by atoms with Crippen LogP contribution >= 0.6 is 0 Å². The summed E-state index contributed by atoms with van der Waals surface area (Å²) in [6, 6.07) is 0. The second-order valence-electron chi connectivity index (χ2n) is 6.33. The predicted octanol–water partition coefficient (Wildman–Crippen LogP) is 2.53. The molecule has 0 radical (unpaired) electrons. The van der Waals surface area contributed by atoms with Gasteiger partial charge >= 0.3 is 0 Å². The van der Waals surface area contributed by atoms with Crippen LogP contribution in [-0.2, 0) is 13.5 Å². The number of hydrogen-bond acceptors (Lipinski definition) is 3. The van der Waals surface area contributed by atoms with Gasteiger partial charge in [-0.05, 0) is 33.1 Å². The highest BCUT2D eigenvalue weighted by molar-refractivity contribution is 5.01. The van der Waals surface area contributed by atoms with Gasteiger partial charge in [-0.15, -0.1) is 0 Å². The first kappa shape index (κ1) is 13.5. The van der Waals surface area contributed by atoms with Gasteiger partial charge in [-0.3, -0.25) is 4.68 Å². The lowest BCUT2D eigenvalue weighted by Gasteiger charge is -2.18. The van der Waals surface area contributed by atoms with Crippen LogP contribution in [0.5, 0.6) is 0 Å². The third kappa shape index (κ3) is 3.55. The van der Waals surface area contributed by atoms with E-state index in [2.05, 4.69) is 18.9 Å². The zero-order valence-electron chi connectivity index (χ0n) is 11.9. The third-order valence-electron chi connectivity index (χ3n) is 3.83. The molecule has 4 nitrogen and oxygen atoms in total. The highest BCUT2D eigenvalue weighted by Gasteiger charge is 2.21. The first-order valence-corrected chi connectivity index (χ1v) is 7.14. The Balaban J connectivity index is 2.02. The highest BCUT2D eigenvalue weighted by Crippen LogP contribution is 2.30. The number of rotatable bonds is 4. The Morgan fingerprint density at radius 2 is 1.94 bits per heavy atom. The third-order valence-corrected chi connectivity index (χ3v) is 3.83. The van der Waals surface area contributed by atoms with Gasteiger partial charge in [-0.1, -0.05) is 19.3 Å². The second kappa shape index (κ2) is 5.39. The molecule has 0 spiro atoms. The standard InChI is InChI=1S/C14H26N4/c1-14(2,15)10-9-12-16-13(17-18(12)3)11-7-5-4-6-8-11/h11H,4-10,15H2,1-3H3. The summed E-state index contributed by atoms with van der Waals surface area (Å²) >= 11 is 0. The van der Waals surface area contributed by atoms with Crippen molar-refractivity contribution >= 4 is 0 Å². The summed E-state index contributed by atoms with van der Waals surface area (Å²) < 4.78 is 1.94. The maximum absolute atomic E-state index is 6.03. The van der Waals surface area contributed by atoms with Gasteiger partial charge in [0.15, 0.2) is 5.82 Å². The highest BCUT2D eigenvalue weighted by atomic mass is 15.3. The van der Waals surface area contributed by atoms with Gasteiger partial charge in [-0.25, -0.2) is 4.98 Å². The molecule has 18 heavy (non-hydrogen) atoms. The minimum Gasteiger partial charge on any atom is -0.326 e. The minimum atomic E-state index is -0.128. The van der Waals surface area contributed by atoms with E-state index in [1.807, 2.05) is 11.7 Å². The quantitative estimate of drug-likeness (QED) is 0.893. The first-order chi connectivity index (χ1) is 8.46. The first-order valence-electron chi connectivity index (χ1n) is 7.14. The Morgan fingerprint density at radius 1 is 1.28 bits per heavy atom. The predicted molar refractivity (Wildman–Crippen MR) is 73.4 cm³/mol. The molecule has 1 fully saturated rings. The van der Waals surface area contributed by atoms with Gasteiger partial charge < -0.3 is 5.73 Å². The van der Waals surface area contributed by atoms with Crippen LogP contribution in [-0.4, -0.2) is 20.3 Å². The van der Waals surface area contributed by atoms with E-state index in [4.69, 9.17) is 10.7 Å². The van der Waals surface area contributed by atoms with Crippen LogP contribution in [0, 0.1) is 0 Å². The minimum absolute atomic E-state index is 0.128. The summed E-state index contributed by atoms with van der Waals surface area (Å²) in [7, 11) is 2.00. The maximum atomic E-state index is 6.03. The van der Waals surface area contributed by atoms with Crippen LogP contribution < -0.4 is 5.73 Å². The molecule has 0 bridgehead atoms. The molecule has 4 heteroatoms. The van der Waals surface area contributed by atoms with E-state index in [1.54, 1.807) is 0 Å². The molecule has 1 saturated carbocycles. The number of nitrogens with two attached hydrogens (primary N) is 1. The molecule has 1 aromatic rings. The molecule has 1 aliphatic rings. The van der Waals surface area contributed by atoms with Crippen LogP contribution in [0.4, 0.5) is 0 Å². The molecule has 0 aromatic carbocycles. The Kier molecular flexibility index (Phi) is 4.05. The number of aryl methyl sites for hydroxylation is 2. The molecule has 0 unspecified atom stereocenters. The molecular formula is C14H26N4. The number of hydrogen-bond donors (Lipinski definition) is 1. The van der Waals surface area contributed by atoms with E-state index in [9.17, 15) is 0 Å². The second-order valence-corrected chi connectivity index (χ2v) is 6.33. The fourth-order valence-electron chi connectivity index (χ4n) is 2.62. The van der Waals surface area contributed by atoms with Crippen molar-refractivity contribution in [2.75, 3.05) is 0 Å². The van der Waals surface area contributed by atoms with Gasteiger partial charge in [0.05, 0.1) is 0 Å². The van der Waals surface area contributed by atoms with Crippen LogP contribution in [0.25, 0.3) is 0 Å². The fourth-order valence-corrected chi connectivity index (χ4v) is 2.62. The van der Waals surface area contributed by atoms with Gasteiger partial charge in [0.1, 0.15) is 5.82 Å². The van der Waals surface area contributed by atoms with Crippen molar-refractivity contribution < 1.29 is 0 Å². The van der Waals surface area contributed by atoms with Crippen molar-refractivity contribution in [3.8, 4) is 0 Å². The van der Waals surface area contributed by atoms with E-state index in [0.717, 1.165) is 24.5 Å². The zero-order valence-corrected chi connectivity index (χ0v) is 11.9. The fraction of sp³-hybridized carbons (Fsp3) is 0.857. The molecule has 0 amide bonds. The van der Waals surface area contributed by atoms with Crippen molar-refractivity contribution in [1.29, 1.82) is 0 Å². The summed E-state index contributed by atoms with van der Waals surface area (Å²) in [5, 5.41) is 4.60. The van der Waals surface area contributed by atoms with Gasteiger partial charge in [0.25, 0.3) is 0 Å². The summed E-state index contributed by atoms with van der Waals surface area (Å²) in [5.74, 6) is 2.72. The largest absolute Gasteiger partial charge is 0.326 e. The van der Waals surface area contributed by atoms with Crippen LogP contribution in [0.2, 0.25) is 0 Å². The van der Waals surface area contributed by atoms with E-state index in [0.29, 0.717) is 5.92 Å². The Bertz CT molecular complexity index is 383. The Hall–Kier alpha value is -0.900. The molecule has 0 atom stereocenters. The SMILES string of the molecule is Cn1nc(C2CCCCC2)nc1CCC(C)(C)N. The van der Waals surface area contributed by atoms with E-state index in [1.165, 1.54) is 32.1 Å². The molecule has 0 aliphatic heterocycles. The lowest BCUT2D eigenvalue weighted by atomic mass is 9.89. The molecular weight excluding hydrogens is 224 g/mol. The van der Waals surface area contributed by atoms with Crippen molar-refractivity contribution in [3.63, 3.8) is 0 Å². The summed E-state index contributed by atoms with van der Waals surface area (Å²) in [5.41, 5.74) is 5.90. The van der Waals surface area contributed by atoms with Gasteiger partial charge in [0, 0.05) is 24.9 Å². The van der Waals surface area contributed by atoms with Crippen LogP contribution in [0.15, 0.2) is 0 Å². The van der Waals surface area contributed by atoms with Gasteiger partial charge in [-0.2, -0.15) is 5.10 Å².